The smallest absolute Gasteiger partial charge is 0.123 e. The maximum absolute atomic E-state index is 13.0. The zero-order valence-corrected chi connectivity index (χ0v) is 8.30. The highest BCUT2D eigenvalue weighted by Gasteiger charge is 2.18. The van der Waals surface area contributed by atoms with Gasteiger partial charge in [0.15, 0.2) is 0 Å². The normalized spacial score (nSPS) is 22.4. The lowest BCUT2D eigenvalue weighted by Gasteiger charge is -2.24. The first kappa shape index (κ1) is 9.45. The predicted octanol–water partition coefficient (Wildman–Crippen LogP) is 4.04. The van der Waals surface area contributed by atoms with Crippen LogP contribution in [0.15, 0.2) is 36.4 Å². The number of allylic oxidation sites excluding steroid dienone is 1. The number of rotatable bonds is 1. The van der Waals surface area contributed by atoms with Crippen molar-refractivity contribution in [3.63, 3.8) is 0 Å². The Balaban J connectivity index is 2.24. The lowest BCUT2D eigenvalue weighted by atomic mass is 9.81. The van der Waals surface area contributed by atoms with Crippen molar-refractivity contribution in [1.82, 2.24) is 0 Å². The summed E-state index contributed by atoms with van der Waals surface area (Å²) >= 11 is 0. The summed E-state index contributed by atoms with van der Waals surface area (Å²) in [4.78, 5) is 0. The van der Waals surface area contributed by atoms with E-state index in [1.54, 1.807) is 12.1 Å². The van der Waals surface area contributed by atoms with Gasteiger partial charge in [-0.05, 0) is 37.0 Å². The molecular weight excluding hydrogens is 175 g/mol. The molecule has 0 heterocycles. The Morgan fingerprint density at radius 3 is 2.86 bits per heavy atom. The summed E-state index contributed by atoms with van der Waals surface area (Å²) in [6, 6.07) is 6.92. The molecule has 0 bridgehead atoms. The molecule has 0 saturated heterocycles. The van der Waals surface area contributed by atoms with Crippen LogP contribution in [0.25, 0.3) is 0 Å². The van der Waals surface area contributed by atoms with Gasteiger partial charge in [-0.3, -0.25) is 0 Å². The fraction of sp³-hybridized carbons (Fsp3) is 0.385. The quantitative estimate of drug-likeness (QED) is 0.586. The van der Waals surface area contributed by atoms with E-state index >= 15 is 0 Å². The van der Waals surface area contributed by atoms with Crippen LogP contribution in [0.2, 0.25) is 0 Å². The predicted molar refractivity (Wildman–Crippen MR) is 56.7 cm³/mol. The van der Waals surface area contributed by atoms with Crippen LogP contribution in [0, 0.1) is 5.82 Å². The van der Waals surface area contributed by atoms with Crippen LogP contribution in [0.3, 0.4) is 0 Å². The number of benzene rings is 1. The molecule has 0 aliphatic heterocycles. The molecule has 0 radical (unpaired) electrons. The Labute approximate surface area is 84.5 Å². The second-order valence-corrected chi connectivity index (χ2v) is 4.01. The van der Waals surface area contributed by atoms with Crippen molar-refractivity contribution >= 4 is 0 Å². The molecule has 14 heavy (non-hydrogen) atoms. The van der Waals surface area contributed by atoms with E-state index in [9.17, 15) is 4.39 Å². The van der Waals surface area contributed by atoms with Gasteiger partial charge >= 0.3 is 0 Å². The highest BCUT2D eigenvalue weighted by Crippen LogP contribution is 2.36. The van der Waals surface area contributed by atoms with Crippen molar-refractivity contribution in [2.75, 3.05) is 0 Å². The molecule has 1 saturated carbocycles. The van der Waals surface area contributed by atoms with Crippen molar-refractivity contribution in [1.29, 1.82) is 0 Å². The summed E-state index contributed by atoms with van der Waals surface area (Å²) in [5, 5.41) is 0. The van der Waals surface area contributed by atoms with Gasteiger partial charge in [-0.2, -0.15) is 0 Å². The Morgan fingerprint density at radius 2 is 2.14 bits per heavy atom. The molecule has 0 amide bonds. The zero-order valence-electron chi connectivity index (χ0n) is 8.30. The van der Waals surface area contributed by atoms with E-state index in [1.165, 1.54) is 24.5 Å². The van der Waals surface area contributed by atoms with E-state index in [2.05, 4.69) is 6.58 Å². The Kier molecular flexibility index (Phi) is 2.67. The summed E-state index contributed by atoms with van der Waals surface area (Å²) in [6.45, 7) is 4.08. The van der Waals surface area contributed by atoms with Gasteiger partial charge in [-0.15, -0.1) is 0 Å². The summed E-state index contributed by atoms with van der Waals surface area (Å²) in [6.07, 6.45) is 4.70. The van der Waals surface area contributed by atoms with Crippen LogP contribution in [0.5, 0.6) is 0 Å². The molecule has 0 N–H and O–H groups in total. The minimum atomic E-state index is -0.138. The van der Waals surface area contributed by atoms with E-state index in [4.69, 9.17) is 0 Å². The first-order chi connectivity index (χ1) is 6.77. The minimum absolute atomic E-state index is 0.138. The second kappa shape index (κ2) is 3.95. The highest BCUT2D eigenvalue weighted by molar-refractivity contribution is 5.29. The van der Waals surface area contributed by atoms with Gasteiger partial charge in [-0.1, -0.05) is 30.7 Å². The van der Waals surface area contributed by atoms with Gasteiger partial charge < -0.3 is 0 Å². The molecule has 1 aromatic carbocycles. The molecule has 1 aliphatic carbocycles. The average molecular weight is 190 g/mol. The van der Waals surface area contributed by atoms with Gasteiger partial charge in [-0.25, -0.2) is 4.39 Å². The maximum Gasteiger partial charge on any atom is 0.123 e. The number of hydrogen-bond acceptors (Lipinski definition) is 0. The number of halogens is 1. The molecule has 0 aromatic heterocycles. The Hall–Kier alpha value is -1.11. The van der Waals surface area contributed by atoms with Crippen LogP contribution in [0.4, 0.5) is 4.39 Å². The van der Waals surface area contributed by atoms with Crippen LogP contribution in [-0.4, -0.2) is 0 Å². The van der Waals surface area contributed by atoms with Crippen LogP contribution in [-0.2, 0) is 0 Å². The van der Waals surface area contributed by atoms with Gasteiger partial charge in [0.2, 0.25) is 0 Å². The summed E-state index contributed by atoms with van der Waals surface area (Å²) in [7, 11) is 0. The molecule has 74 valence electrons. The van der Waals surface area contributed by atoms with E-state index in [0.29, 0.717) is 5.92 Å². The first-order valence-corrected chi connectivity index (χ1v) is 5.20. The summed E-state index contributed by atoms with van der Waals surface area (Å²) in [5.74, 6) is 0.250. The van der Waals surface area contributed by atoms with Crippen molar-refractivity contribution in [2.24, 2.45) is 0 Å². The van der Waals surface area contributed by atoms with Gasteiger partial charge in [0, 0.05) is 5.92 Å². The first-order valence-electron chi connectivity index (χ1n) is 5.20. The van der Waals surface area contributed by atoms with Crippen LogP contribution in [0.1, 0.15) is 37.2 Å². The van der Waals surface area contributed by atoms with E-state index in [0.717, 1.165) is 18.4 Å². The van der Waals surface area contributed by atoms with E-state index < -0.39 is 0 Å². The zero-order chi connectivity index (χ0) is 9.97. The lowest BCUT2D eigenvalue weighted by Crippen LogP contribution is -2.07. The van der Waals surface area contributed by atoms with Gasteiger partial charge in [0.25, 0.3) is 0 Å². The molecular formula is C13H15F. The molecule has 1 atom stereocenters. The Bertz CT molecular complexity index is 341. The van der Waals surface area contributed by atoms with Gasteiger partial charge in [0.1, 0.15) is 5.82 Å². The lowest BCUT2D eigenvalue weighted by molar-refractivity contribution is 0.538. The van der Waals surface area contributed by atoms with E-state index in [-0.39, 0.29) is 5.82 Å². The van der Waals surface area contributed by atoms with Gasteiger partial charge in [0.05, 0.1) is 0 Å². The SMILES string of the molecule is C=C1CCCCC1c1cccc(F)c1. The molecule has 1 aromatic rings. The summed E-state index contributed by atoms with van der Waals surface area (Å²) < 4.78 is 13.0. The third-order valence-electron chi connectivity index (χ3n) is 2.98. The molecule has 2 rings (SSSR count). The third kappa shape index (κ3) is 1.87. The van der Waals surface area contributed by atoms with Crippen molar-refractivity contribution in [3.8, 4) is 0 Å². The van der Waals surface area contributed by atoms with Crippen LogP contribution >= 0.6 is 0 Å². The van der Waals surface area contributed by atoms with E-state index in [1.807, 2.05) is 6.07 Å². The molecule has 1 heteroatoms. The highest BCUT2D eigenvalue weighted by atomic mass is 19.1. The Morgan fingerprint density at radius 1 is 1.29 bits per heavy atom. The number of hydrogen-bond donors (Lipinski definition) is 0. The molecule has 0 spiro atoms. The molecule has 0 nitrogen and oxygen atoms in total. The van der Waals surface area contributed by atoms with Crippen molar-refractivity contribution in [3.05, 3.63) is 47.8 Å². The largest absolute Gasteiger partial charge is 0.207 e. The van der Waals surface area contributed by atoms with Crippen molar-refractivity contribution < 1.29 is 4.39 Å². The summed E-state index contributed by atoms with van der Waals surface area (Å²) in [5.41, 5.74) is 2.36. The topological polar surface area (TPSA) is 0 Å². The minimum Gasteiger partial charge on any atom is -0.207 e. The third-order valence-corrected chi connectivity index (χ3v) is 2.98. The van der Waals surface area contributed by atoms with Crippen molar-refractivity contribution in [2.45, 2.75) is 31.6 Å². The molecule has 1 unspecified atom stereocenters. The average Bonchev–Trinajstić information content (AvgIpc) is 2.18. The fourth-order valence-electron chi connectivity index (χ4n) is 2.20. The molecule has 1 fully saturated rings. The standard InChI is InChI=1S/C13H15F/c1-10-5-2-3-8-13(10)11-6-4-7-12(14)9-11/h4,6-7,9,13H,1-3,5,8H2. The van der Waals surface area contributed by atoms with Crippen LogP contribution < -0.4 is 0 Å². The monoisotopic (exact) mass is 190 g/mol. The second-order valence-electron chi connectivity index (χ2n) is 4.01. The maximum atomic E-state index is 13.0. The molecule has 1 aliphatic rings. The fourth-order valence-corrected chi connectivity index (χ4v) is 2.20.